The molecular weight excluding hydrogens is 288 g/mol. The van der Waals surface area contributed by atoms with Crippen LogP contribution in [0, 0.1) is 0 Å². The van der Waals surface area contributed by atoms with E-state index in [0.717, 1.165) is 10.1 Å². The molecule has 1 amide bonds. The topological polar surface area (TPSA) is 72.6 Å². The van der Waals surface area contributed by atoms with Gasteiger partial charge in [0.25, 0.3) is 5.91 Å². The van der Waals surface area contributed by atoms with Gasteiger partial charge in [0.1, 0.15) is 4.88 Å². The summed E-state index contributed by atoms with van der Waals surface area (Å²) in [4.78, 5) is 25.8. The van der Waals surface area contributed by atoms with Crippen molar-refractivity contribution in [3.8, 4) is 0 Å². The Morgan fingerprint density at radius 2 is 2.05 bits per heavy atom. The number of ether oxygens (including phenoxy) is 1. The number of nitrogen functional groups attached to an aromatic ring is 1. The minimum absolute atomic E-state index is 0.0727. The molecule has 0 radical (unpaired) electrons. The number of carbonyl (C=O) groups is 2. The number of hydrogen-bond donors (Lipinski definition) is 1. The van der Waals surface area contributed by atoms with Crippen LogP contribution in [0.2, 0.25) is 0 Å². The van der Waals surface area contributed by atoms with E-state index >= 15 is 0 Å². The van der Waals surface area contributed by atoms with Crippen molar-refractivity contribution in [2.24, 2.45) is 0 Å². The van der Waals surface area contributed by atoms with Gasteiger partial charge in [-0.3, -0.25) is 4.79 Å². The lowest BCUT2D eigenvalue weighted by molar-refractivity contribution is -0.134. The first kappa shape index (κ1) is 15.3. The molecular formula is C15H18N2O3S. The lowest BCUT2D eigenvalue weighted by atomic mass is 10.2. The summed E-state index contributed by atoms with van der Waals surface area (Å²) in [5.41, 5.74) is 6.35. The Hall–Kier alpha value is -2.08. The van der Waals surface area contributed by atoms with Gasteiger partial charge in [0.2, 0.25) is 0 Å². The predicted octanol–water partition coefficient (Wildman–Crippen LogP) is 2.51. The van der Waals surface area contributed by atoms with Crippen LogP contribution in [-0.4, -0.2) is 36.5 Å². The largest absolute Gasteiger partial charge is 0.451 e. The number of benzene rings is 1. The van der Waals surface area contributed by atoms with Crippen molar-refractivity contribution in [1.29, 1.82) is 0 Å². The molecule has 0 atom stereocenters. The van der Waals surface area contributed by atoms with Crippen molar-refractivity contribution in [3.05, 3.63) is 29.1 Å². The molecule has 2 N–H and O–H groups in total. The highest BCUT2D eigenvalue weighted by atomic mass is 32.1. The van der Waals surface area contributed by atoms with Crippen molar-refractivity contribution < 1.29 is 14.3 Å². The number of amides is 1. The Morgan fingerprint density at radius 3 is 2.71 bits per heavy atom. The zero-order valence-electron chi connectivity index (χ0n) is 12.3. The number of anilines is 1. The Balaban J connectivity index is 2.04. The van der Waals surface area contributed by atoms with E-state index in [1.165, 1.54) is 11.3 Å². The summed E-state index contributed by atoms with van der Waals surface area (Å²) in [5.74, 6) is -0.705. The van der Waals surface area contributed by atoms with Crippen LogP contribution >= 0.6 is 11.3 Å². The monoisotopic (exact) mass is 306 g/mol. The molecule has 1 aromatic heterocycles. The fourth-order valence-corrected chi connectivity index (χ4v) is 2.69. The Kier molecular flexibility index (Phi) is 4.47. The van der Waals surface area contributed by atoms with Gasteiger partial charge in [-0.1, -0.05) is 0 Å². The van der Waals surface area contributed by atoms with Crippen molar-refractivity contribution in [1.82, 2.24) is 4.90 Å². The maximum Gasteiger partial charge on any atom is 0.348 e. The quantitative estimate of drug-likeness (QED) is 0.696. The minimum Gasteiger partial charge on any atom is -0.451 e. The lowest BCUT2D eigenvalue weighted by Gasteiger charge is -2.20. The Labute approximate surface area is 127 Å². The van der Waals surface area contributed by atoms with Gasteiger partial charge in [-0.2, -0.15) is 0 Å². The van der Waals surface area contributed by atoms with Crippen molar-refractivity contribution in [2.45, 2.75) is 19.9 Å². The van der Waals surface area contributed by atoms with Gasteiger partial charge < -0.3 is 15.4 Å². The zero-order chi connectivity index (χ0) is 15.6. The van der Waals surface area contributed by atoms with E-state index in [2.05, 4.69) is 0 Å². The number of nitrogens with two attached hydrogens (primary N) is 1. The zero-order valence-corrected chi connectivity index (χ0v) is 13.1. The number of hydrogen-bond acceptors (Lipinski definition) is 5. The SMILES string of the molecule is CC(C)N(C)C(=O)COC(=O)c1cc2cc(N)ccc2s1. The van der Waals surface area contributed by atoms with Crippen LogP contribution in [-0.2, 0) is 9.53 Å². The summed E-state index contributed by atoms with van der Waals surface area (Å²) in [6.07, 6.45) is 0. The van der Waals surface area contributed by atoms with Gasteiger partial charge in [0.15, 0.2) is 6.61 Å². The third-order valence-electron chi connectivity index (χ3n) is 3.24. The van der Waals surface area contributed by atoms with Crippen LogP contribution in [0.15, 0.2) is 24.3 Å². The molecule has 0 spiro atoms. The number of thiophene rings is 1. The molecule has 112 valence electrons. The van der Waals surface area contributed by atoms with E-state index < -0.39 is 5.97 Å². The Morgan fingerprint density at radius 1 is 1.33 bits per heavy atom. The van der Waals surface area contributed by atoms with E-state index in [1.807, 2.05) is 19.9 Å². The molecule has 0 aliphatic carbocycles. The standard InChI is InChI=1S/C15H18N2O3S/c1-9(2)17(3)14(18)8-20-15(19)13-7-10-6-11(16)4-5-12(10)21-13/h4-7,9H,8,16H2,1-3H3. The summed E-state index contributed by atoms with van der Waals surface area (Å²) in [7, 11) is 1.68. The first-order valence-electron chi connectivity index (χ1n) is 6.60. The number of likely N-dealkylation sites (N-methyl/N-ethyl adjacent to an activating group) is 1. The molecule has 0 fully saturated rings. The number of fused-ring (bicyclic) bond motifs is 1. The third-order valence-corrected chi connectivity index (χ3v) is 4.33. The van der Waals surface area contributed by atoms with E-state index in [4.69, 9.17) is 10.5 Å². The van der Waals surface area contributed by atoms with Crippen LogP contribution in [0.1, 0.15) is 23.5 Å². The van der Waals surface area contributed by atoms with E-state index in [9.17, 15) is 9.59 Å². The molecule has 1 heterocycles. The lowest BCUT2D eigenvalue weighted by Crippen LogP contribution is -2.36. The van der Waals surface area contributed by atoms with Crippen molar-refractivity contribution in [2.75, 3.05) is 19.4 Å². The predicted molar refractivity (Wildman–Crippen MR) is 84.4 cm³/mol. The normalized spacial score (nSPS) is 10.9. The summed E-state index contributed by atoms with van der Waals surface area (Å²) in [6.45, 7) is 3.55. The first-order valence-corrected chi connectivity index (χ1v) is 7.42. The molecule has 0 bridgehead atoms. The molecule has 2 rings (SSSR count). The molecule has 0 aliphatic rings. The van der Waals surface area contributed by atoms with Crippen molar-refractivity contribution in [3.63, 3.8) is 0 Å². The molecule has 6 heteroatoms. The third kappa shape index (κ3) is 3.52. The van der Waals surface area contributed by atoms with Gasteiger partial charge in [-0.15, -0.1) is 11.3 Å². The van der Waals surface area contributed by atoms with Crippen molar-refractivity contribution >= 4 is 39.0 Å². The average molecular weight is 306 g/mol. The molecule has 5 nitrogen and oxygen atoms in total. The second kappa shape index (κ2) is 6.13. The fourth-order valence-electron chi connectivity index (χ4n) is 1.75. The summed E-state index contributed by atoms with van der Waals surface area (Å²) < 4.78 is 6.03. The molecule has 0 unspecified atom stereocenters. The number of carbonyl (C=O) groups excluding carboxylic acids is 2. The molecule has 0 saturated carbocycles. The van der Waals surface area contributed by atoms with Gasteiger partial charge in [0, 0.05) is 23.5 Å². The second-order valence-corrected chi connectivity index (χ2v) is 6.17. The van der Waals surface area contributed by atoms with E-state index in [0.29, 0.717) is 10.6 Å². The average Bonchev–Trinajstić information content (AvgIpc) is 2.86. The smallest absolute Gasteiger partial charge is 0.348 e. The molecule has 0 saturated heterocycles. The van der Waals surface area contributed by atoms with Gasteiger partial charge in [-0.05, 0) is 43.5 Å². The maximum absolute atomic E-state index is 12.0. The number of nitrogens with zero attached hydrogens (tertiary/aromatic N) is 1. The van der Waals surface area contributed by atoms with Gasteiger partial charge >= 0.3 is 5.97 Å². The summed E-state index contributed by atoms with van der Waals surface area (Å²) in [5, 5.41) is 0.901. The van der Waals surface area contributed by atoms with Crippen LogP contribution in [0.25, 0.3) is 10.1 Å². The van der Waals surface area contributed by atoms with E-state index in [1.54, 1.807) is 30.1 Å². The molecule has 2 aromatic rings. The summed E-state index contributed by atoms with van der Waals surface area (Å²) >= 11 is 1.33. The molecule has 1 aromatic carbocycles. The maximum atomic E-state index is 12.0. The molecule has 0 aliphatic heterocycles. The summed E-state index contributed by atoms with van der Waals surface area (Å²) in [6, 6.07) is 7.26. The van der Waals surface area contributed by atoms with Crippen LogP contribution in [0.5, 0.6) is 0 Å². The minimum atomic E-state index is -0.486. The highest BCUT2D eigenvalue weighted by molar-refractivity contribution is 7.20. The number of rotatable bonds is 4. The van der Waals surface area contributed by atoms with Gasteiger partial charge in [0.05, 0.1) is 0 Å². The van der Waals surface area contributed by atoms with Crippen LogP contribution in [0.3, 0.4) is 0 Å². The first-order chi connectivity index (χ1) is 9.88. The molecule has 21 heavy (non-hydrogen) atoms. The van der Waals surface area contributed by atoms with Crippen LogP contribution in [0.4, 0.5) is 5.69 Å². The highest BCUT2D eigenvalue weighted by Crippen LogP contribution is 2.27. The number of esters is 1. The van der Waals surface area contributed by atoms with E-state index in [-0.39, 0.29) is 18.6 Å². The van der Waals surface area contributed by atoms with Gasteiger partial charge in [-0.25, -0.2) is 4.79 Å². The van der Waals surface area contributed by atoms with Crippen LogP contribution < -0.4 is 5.73 Å². The Bertz CT molecular complexity index is 679. The fraction of sp³-hybridized carbons (Fsp3) is 0.333. The highest BCUT2D eigenvalue weighted by Gasteiger charge is 2.17. The second-order valence-electron chi connectivity index (χ2n) is 5.08.